The molecule has 0 bridgehead atoms. The summed E-state index contributed by atoms with van der Waals surface area (Å²) in [6, 6.07) is 7.28. The van der Waals surface area contributed by atoms with Gasteiger partial charge < -0.3 is 10.1 Å². The van der Waals surface area contributed by atoms with Gasteiger partial charge in [-0.2, -0.15) is 5.10 Å². The number of rotatable bonds is 9. The number of nitrogens with one attached hydrogen (secondary N) is 1. The van der Waals surface area contributed by atoms with Gasteiger partial charge in [0.05, 0.1) is 18.0 Å². The van der Waals surface area contributed by atoms with E-state index in [0.29, 0.717) is 48.8 Å². The first kappa shape index (κ1) is 17.5. The Kier molecular flexibility index (Phi) is 5.95. The van der Waals surface area contributed by atoms with Crippen LogP contribution in [0.5, 0.6) is 5.75 Å². The highest BCUT2D eigenvalue weighted by atomic mass is 16.5. The highest BCUT2D eigenvalue weighted by Crippen LogP contribution is 2.38. The molecule has 0 saturated carbocycles. The molecule has 0 aliphatic carbocycles. The van der Waals surface area contributed by atoms with Crippen molar-refractivity contribution in [2.75, 3.05) is 16.8 Å². The second kappa shape index (κ2) is 8.14. The minimum atomic E-state index is 0.465. The first-order chi connectivity index (χ1) is 11.7. The lowest BCUT2D eigenvalue weighted by Crippen LogP contribution is -2.18. The number of amides is 2. The average Bonchev–Trinajstić information content (AvgIpc) is 2.87. The van der Waals surface area contributed by atoms with E-state index in [9.17, 15) is 9.59 Å². The minimum Gasteiger partial charge on any atom is -0.492 e. The van der Waals surface area contributed by atoms with E-state index in [1.165, 1.54) is 4.90 Å². The molecular formula is C17H22N4O3. The molecule has 128 valence electrons. The third-order valence-corrected chi connectivity index (χ3v) is 3.55. The van der Waals surface area contributed by atoms with Gasteiger partial charge in [-0.1, -0.05) is 25.5 Å². The van der Waals surface area contributed by atoms with Gasteiger partial charge in [0.1, 0.15) is 11.4 Å². The SMILES string of the molecule is CCCc1nn(C)c(NC=O)c1N(C=O)c1ccccc1OCC. The molecule has 1 heterocycles. The van der Waals surface area contributed by atoms with Gasteiger partial charge in [-0.25, -0.2) is 0 Å². The fourth-order valence-electron chi connectivity index (χ4n) is 2.61. The van der Waals surface area contributed by atoms with E-state index < -0.39 is 0 Å². The molecule has 0 saturated heterocycles. The van der Waals surface area contributed by atoms with Gasteiger partial charge in [-0.3, -0.25) is 19.2 Å². The molecule has 1 aromatic heterocycles. The van der Waals surface area contributed by atoms with Crippen LogP contribution >= 0.6 is 0 Å². The van der Waals surface area contributed by atoms with Crippen LogP contribution in [0, 0.1) is 0 Å². The van der Waals surface area contributed by atoms with Gasteiger partial charge in [0, 0.05) is 7.05 Å². The Balaban J connectivity index is 2.62. The van der Waals surface area contributed by atoms with E-state index in [1.807, 2.05) is 26.0 Å². The molecule has 2 aromatic rings. The lowest BCUT2D eigenvalue weighted by Gasteiger charge is -2.21. The summed E-state index contributed by atoms with van der Waals surface area (Å²) >= 11 is 0. The van der Waals surface area contributed by atoms with E-state index >= 15 is 0 Å². The van der Waals surface area contributed by atoms with E-state index in [2.05, 4.69) is 10.4 Å². The van der Waals surface area contributed by atoms with Crippen LogP contribution in [0.3, 0.4) is 0 Å². The van der Waals surface area contributed by atoms with Crippen molar-refractivity contribution in [3.63, 3.8) is 0 Å². The molecule has 2 amide bonds. The second-order valence-corrected chi connectivity index (χ2v) is 5.16. The normalized spacial score (nSPS) is 10.3. The standard InChI is InChI=1S/C17H22N4O3/c1-4-8-13-16(17(18-11-22)20(3)19-13)21(12-23)14-9-6-7-10-15(14)24-5-2/h6-7,9-12H,4-5,8H2,1-3H3,(H,18,22). The summed E-state index contributed by atoms with van der Waals surface area (Å²) in [6.07, 6.45) is 2.84. The summed E-state index contributed by atoms with van der Waals surface area (Å²) in [6.45, 7) is 4.40. The molecule has 0 spiro atoms. The Labute approximate surface area is 141 Å². The van der Waals surface area contributed by atoms with Crippen LogP contribution in [0.4, 0.5) is 17.2 Å². The maximum atomic E-state index is 11.9. The Morgan fingerprint density at radius 1 is 1.29 bits per heavy atom. The molecule has 0 unspecified atom stereocenters. The summed E-state index contributed by atoms with van der Waals surface area (Å²) in [4.78, 5) is 24.3. The minimum absolute atomic E-state index is 0.465. The number of ether oxygens (including phenoxy) is 1. The van der Waals surface area contributed by atoms with Crippen molar-refractivity contribution in [2.45, 2.75) is 26.7 Å². The molecule has 1 N–H and O–H groups in total. The molecule has 7 heteroatoms. The topological polar surface area (TPSA) is 76.5 Å². The molecule has 1 aromatic carbocycles. The number of benzene rings is 1. The van der Waals surface area contributed by atoms with Crippen LogP contribution in [0.1, 0.15) is 26.0 Å². The molecule has 7 nitrogen and oxygen atoms in total. The second-order valence-electron chi connectivity index (χ2n) is 5.16. The Morgan fingerprint density at radius 3 is 2.67 bits per heavy atom. The zero-order chi connectivity index (χ0) is 17.5. The quantitative estimate of drug-likeness (QED) is 0.717. The lowest BCUT2D eigenvalue weighted by molar-refractivity contribution is -0.107. The fourth-order valence-corrected chi connectivity index (χ4v) is 2.61. The van der Waals surface area contributed by atoms with E-state index in [4.69, 9.17) is 4.74 Å². The number of carbonyl (C=O) groups excluding carboxylic acids is 2. The van der Waals surface area contributed by atoms with Crippen LogP contribution in [-0.2, 0) is 23.1 Å². The summed E-state index contributed by atoms with van der Waals surface area (Å²) in [5, 5.41) is 7.08. The van der Waals surface area contributed by atoms with E-state index in [1.54, 1.807) is 23.9 Å². The van der Waals surface area contributed by atoms with Crippen molar-refractivity contribution in [3.8, 4) is 5.75 Å². The monoisotopic (exact) mass is 330 g/mol. The van der Waals surface area contributed by atoms with E-state index in [0.717, 1.165) is 12.1 Å². The number of hydrogen-bond donors (Lipinski definition) is 1. The third-order valence-electron chi connectivity index (χ3n) is 3.55. The van der Waals surface area contributed by atoms with Gasteiger partial charge in [0.2, 0.25) is 12.8 Å². The van der Waals surface area contributed by atoms with Gasteiger partial charge >= 0.3 is 0 Å². The summed E-state index contributed by atoms with van der Waals surface area (Å²) in [5.41, 5.74) is 1.91. The third kappa shape index (κ3) is 3.40. The number of carbonyl (C=O) groups is 2. The maximum absolute atomic E-state index is 11.9. The predicted molar refractivity (Wildman–Crippen MR) is 92.7 cm³/mol. The molecule has 2 rings (SSSR count). The number of anilines is 3. The Bertz CT molecular complexity index is 712. The van der Waals surface area contributed by atoms with Gasteiger partial charge in [0.15, 0.2) is 5.82 Å². The van der Waals surface area contributed by atoms with Crippen molar-refractivity contribution < 1.29 is 14.3 Å². The van der Waals surface area contributed by atoms with Crippen molar-refractivity contribution in [2.24, 2.45) is 7.05 Å². The van der Waals surface area contributed by atoms with Crippen LogP contribution in [0.2, 0.25) is 0 Å². The van der Waals surface area contributed by atoms with Crippen molar-refractivity contribution in [1.82, 2.24) is 9.78 Å². The number of hydrogen-bond acceptors (Lipinski definition) is 4. The first-order valence-corrected chi connectivity index (χ1v) is 7.90. The van der Waals surface area contributed by atoms with Crippen LogP contribution in [0.15, 0.2) is 24.3 Å². The van der Waals surface area contributed by atoms with Crippen LogP contribution < -0.4 is 15.0 Å². The zero-order valence-corrected chi connectivity index (χ0v) is 14.2. The van der Waals surface area contributed by atoms with Crippen molar-refractivity contribution in [1.29, 1.82) is 0 Å². The summed E-state index contributed by atoms with van der Waals surface area (Å²) in [7, 11) is 1.73. The van der Waals surface area contributed by atoms with E-state index in [-0.39, 0.29) is 0 Å². The lowest BCUT2D eigenvalue weighted by atomic mass is 10.2. The van der Waals surface area contributed by atoms with Gasteiger partial charge in [0.25, 0.3) is 0 Å². The largest absolute Gasteiger partial charge is 0.492 e. The van der Waals surface area contributed by atoms with Gasteiger partial charge in [-0.05, 0) is 25.5 Å². The first-order valence-electron chi connectivity index (χ1n) is 7.90. The van der Waals surface area contributed by atoms with Crippen molar-refractivity contribution in [3.05, 3.63) is 30.0 Å². The molecule has 0 aliphatic rings. The summed E-state index contributed by atoms with van der Waals surface area (Å²) in [5.74, 6) is 1.06. The predicted octanol–water partition coefficient (Wildman–Crippen LogP) is 2.63. The highest BCUT2D eigenvalue weighted by molar-refractivity contribution is 5.96. The van der Waals surface area contributed by atoms with Crippen molar-refractivity contribution >= 4 is 30.0 Å². The number of aromatic nitrogens is 2. The van der Waals surface area contributed by atoms with Gasteiger partial charge in [-0.15, -0.1) is 0 Å². The smallest absolute Gasteiger partial charge is 0.219 e. The molecule has 0 radical (unpaired) electrons. The maximum Gasteiger partial charge on any atom is 0.219 e. The average molecular weight is 330 g/mol. The number of para-hydroxylation sites is 2. The van der Waals surface area contributed by atoms with Crippen LogP contribution in [-0.4, -0.2) is 29.2 Å². The zero-order valence-electron chi connectivity index (χ0n) is 14.2. The fraction of sp³-hybridized carbons (Fsp3) is 0.353. The van der Waals surface area contributed by atoms with Crippen LogP contribution in [0.25, 0.3) is 0 Å². The molecule has 0 atom stereocenters. The summed E-state index contributed by atoms with van der Waals surface area (Å²) < 4.78 is 7.19. The number of aryl methyl sites for hydroxylation is 2. The molecule has 0 fully saturated rings. The molecular weight excluding hydrogens is 308 g/mol. The molecule has 0 aliphatic heterocycles. The Hall–Kier alpha value is -2.83. The Morgan fingerprint density at radius 2 is 2.04 bits per heavy atom. The highest BCUT2D eigenvalue weighted by Gasteiger charge is 2.24. The number of nitrogens with zero attached hydrogens (tertiary/aromatic N) is 3. The molecule has 24 heavy (non-hydrogen) atoms.